The molecule has 0 fully saturated rings. The molecule has 0 spiro atoms. The van der Waals surface area contributed by atoms with Gasteiger partial charge >= 0.3 is 7.25 Å². The zero-order valence-electron chi connectivity index (χ0n) is 18.3. The first kappa shape index (κ1) is 24.0. The van der Waals surface area contributed by atoms with E-state index < -0.39 is 7.25 Å². The minimum Gasteiger partial charge on any atom is -0.456 e. The van der Waals surface area contributed by atoms with Gasteiger partial charge in [0.2, 0.25) is 11.0 Å². The maximum Gasteiger partial charge on any atom is 0.673 e. The topological polar surface area (TPSA) is 44.2 Å². The maximum atomic E-state index is 11.5. The average Bonchev–Trinajstić information content (AvgIpc) is 2.73. The molecule has 0 radical (unpaired) electrons. The molecule has 3 nitrogen and oxygen atoms in total. The molecule has 8 heteroatoms. The molecule has 0 bridgehead atoms. The van der Waals surface area contributed by atoms with E-state index in [1.165, 1.54) is 0 Å². The minimum absolute atomic E-state index is 0.0631. The van der Waals surface area contributed by atoms with Crippen molar-refractivity contribution >= 4 is 29.7 Å². The molecule has 33 heavy (non-hydrogen) atoms. The highest BCUT2D eigenvalue weighted by Crippen LogP contribution is 2.24. The smallest absolute Gasteiger partial charge is 0.456 e. The van der Waals surface area contributed by atoms with Gasteiger partial charge in [-0.3, -0.25) is 4.79 Å². The summed E-state index contributed by atoms with van der Waals surface area (Å²) in [5, 5.41) is 2.04. The fourth-order valence-corrected chi connectivity index (χ4v) is 3.49. The van der Waals surface area contributed by atoms with Gasteiger partial charge in [-0.2, -0.15) is 0 Å². The summed E-state index contributed by atoms with van der Waals surface area (Å²) in [5.41, 5.74) is 5.82. The molecule has 0 aliphatic heterocycles. The van der Waals surface area contributed by atoms with Gasteiger partial charge in [0.25, 0.3) is 0 Å². The van der Waals surface area contributed by atoms with Crippen molar-refractivity contribution in [2.75, 3.05) is 0 Å². The van der Waals surface area contributed by atoms with Gasteiger partial charge < -0.3 is 21.7 Å². The van der Waals surface area contributed by atoms with Crippen molar-refractivity contribution in [3.05, 3.63) is 94.8 Å². The predicted molar refractivity (Wildman–Crippen MR) is 122 cm³/mol. The first-order valence-corrected chi connectivity index (χ1v) is 10.2. The lowest BCUT2D eigenvalue weighted by Crippen LogP contribution is -2.70. The second-order valence-electron chi connectivity index (χ2n) is 7.60. The van der Waals surface area contributed by atoms with Gasteiger partial charge in [0, 0.05) is 23.3 Å². The normalized spacial score (nSPS) is 11.8. The number of fused-ring (bicyclic) bond motifs is 1. The molecule has 4 aromatic rings. The molecule has 1 aromatic heterocycles. The third-order valence-corrected chi connectivity index (χ3v) is 4.84. The first-order valence-electron chi connectivity index (χ1n) is 10.2. The molecule has 0 atom stereocenters. The fourth-order valence-electron chi connectivity index (χ4n) is 3.49. The van der Waals surface area contributed by atoms with E-state index in [1.807, 2.05) is 60.7 Å². The Balaban J connectivity index is 0.000000555. The number of ketones is 1. The van der Waals surface area contributed by atoms with Crippen molar-refractivity contribution < 1.29 is 31.5 Å². The van der Waals surface area contributed by atoms with Crippen LogP contribution in [-0.2, 0) is 0 Å². The van der Waals surface area contributed by atoms with Crippen molar-refractivity contribution in [1.82, 2.24) is 0 Å². The van der Waals surface area contributed by atoms with E-state index in [0.717, 1.165) is 44.5 Å². The van der Waals surface area contributed by atoms with E-state index in [-0.39, 0.29) is 5.78 Å². The molecule has 0 amide bonds. The molecule has 1 heterocycles. The third kappa shape index (κ3) is 6.65. The van der Waals surface area contributed by atoms with E-state index in [1.54, 1.807) is 6.92 Å². The van der Waals surface area contributed by atoms with Crippen molar-refractivity contribution in [1.29, 1.82) is 0 Å². The molecule has 170 valence electrons. The number of carbonyl (C=O) groups excluding carboxylic acids is 1. The summed E-state index contributed by atoms with van der Waals surface area (Å²) in [4.78, 5) is 15.0. The van der Waals surface area contributed by atoms with Crippen LogP contribution >= 0.6 is 0 Å². The van der Waals surface area contributed by atoms with Crippen LogP contribution in [0.1, 0.15) is 28.4 Å². The Bertz CT molecular complexity index is 1340. The Morgan fingerprint density at radius 2 is 1.48 bits per heavy atom. The summed E-state index contributed by atoms with van der Waals surface area (Å²) in [5.74, 6) is 0.870. The van der Waals surface area contributed by atoms with Crippen molar-refractivity contribution in [2.24, 2.45) is 0 Å². The second-order valence-corrected chi connectivity index (χ2v) is 7.60. The van der Waals surface area contributed by atoms with Crippen LogP contribution in [0.4, 0.5) is 23.0 Å². The lowest BCUT2D eigenvalue weighted by Gasteiger charge is -2.06. The van der Waals surface area contributed by atoms with Gasteiger partial charge in [0.1, 0.15) is 11.3 Å². The maximum absolute atomic E-state index is 11.5. The van der Waals surface area contributed by atoms with Crippen LogP contribution in [0.5, 0.6) is 0 Å². The Labute approximate surface area is 188 Å². The van der Waals surface area contributed by atoms with Crippen LogP contribution in [0, 0.1) is 13.8 Å². The lowest BCUT2D eigenvalue weighted by atomic mass is 10.0. The number of Topliss-reactive ketones (excluding diaryl/α,β-unsaturated/α-hetero) is 1. The zero-order chi connectivity index (χ0) is 24.2. The zero-order valence-corrected chi connectivity index (χ0v) is 18.3. The highest BCUT2D eigenvalue weighted by atomic mass is 19.5. The largest absolute Gasteiger partial charge is 0.673 e. The average molecular weight is 455 g/mol. The number of hydrogen-bond acceptors (Lipinski definition) is 2. The number of benzene rings is 3. The lowest BCUT2D eigenvalue weighted by molar-refractivity contribution is -0.400. The minimum atomic E-state index is -6.00. The molecule has 0 aliphatic rings. The quantitative estimate of drug-likeness (QED) is 0.251. The summed E-state index contributed by atoms with van der Waals surface area (Å²) in [7, 11) is -6.00. The molecule has 0 saturated carbocycles. The number of carbonyl (C=O) groups is 1. The molecule has 4 rings (SSSR count). The molecule has 3 aromatic carbocycles. The van der Waals surface area contributed by atoms with Crippen LogP contribution in [-0.4, -0.2) is 13.0 Å². The highest BCUT2D eigenvalue weighted by molar-refractivity contribution is 6.50. The monoisotopic (exact) mass is 455 g/mol. The Hall–Kier alpha value is -3.68. The van der Waals surface area contributed by atoms with E-state index >= 15 is 0 Å². The van der Waals surface area contributed by atoms with E-state index in [9.17, 15) is 22.1 Å². The summed E-state index contributed by atoms with van der Waals surface area (Å²) in [6.07, 6.45) is 0. The number of rotatable bonds is 3. The van der Waals surface area contributed by atoms with Gasteiger partial charge in [-0.25, -0.2) is 4.99 Å². The predicted octanol–water partition coefficient (Wildman–Crippen LogP) is 5.53. The number of nitrogens with one attached hydrogen (secondary N) is 1. The summed E-state index contributed by atoms with van der Waals surface area (Å²) >= 11 is 0. The van der Waals surface area contributed by atoms with Gasteiger partial charge in [0.15, 0.2) is 5.78 Å². The Kier molecular flexibility index (Phi) is 7.16. The van der Waals surface area contributed by atoms with E-state index in [0.29, 0.717) is 5.56 Å². The number of halogens is 4. The molecular weight excluding hydrogens is 433 g/mol. The summed E-state index contributed by atoms with van der Waals surface area (Å²) < 4.78 is 45.3. The van der Waals surface area contributed by atoms with Crippen molar-refractivity contribution in [2.45, 2.75) is 20.8 Å². The van der Waals surface area contributed by atoms with Crippen molar-refractivity contribution in [3.8, 4) is 11.3 Å². The molecule has 1 N–H and O–H groups in total. The molecule has 0 saturated heterocycles. The summed E-state index contributed by atoms with van der Waals surface area (Å²) in [6.45, 7) is 5.74. The van der Waals surface area contributed by atoms with Gasteiger partial charge in [-0.05, 0) is 50.1 Å². The van der Waals surface area contributed by atoms with E-state index in [4.69, 9.17) is 4.42 Å². The SMILES string of the molecule is CC(=O)c1ccc([NH+]=c2cc(-c3ccccc3)oc3cc(C)cc(C)c23)cc1.F[B-](F)(F)F. The van der Waals surface area contributed by atoms with Crippen LogP contribution in [0.2, 0.25) is 0 Å². The van der Waals surface area contributed by atoms with E-state index in [2.05, 4.69) is 31.0 Å². The number of hydrogen-bond donors (Lipinski definition) is 1. The molecule has 0 aliphatic carbocycles. The third-order valence-electron chi connectivity index (χ3n) is 4.84. The van der Waals surface area contributed by atoms with Crippen LogP contribution in [0.3, 0.4) is 0 Å². The van der Waals surface area contributed by atoms with Crippen molar-refractivity contribution in [3.63, 3.8) is 0 Å². The summed E-state index contributed by atoms with van der Waals surface area (Å²) in [6, 6.07) is 23.9. The Morgan fingerprint density at radius 1 is 0.879 bits per heavy atom. The van der Waals surface area contributed by atoms with Crippen LogP contribution < -0.4 is 10.3 Å². The van der Waals surface area contributed by atoms with Gasteiger partial charge in [-0.1, -0.05) is 36.4 Å². The number of aryl methyl sites for hydroxylation is 2. The Morgan fingerprint density at radius 3 is 2.06 bits per heavy atom. The fraction of sp³-hybridized carbons (Fsp3) is 0.120. The second kappa shape index (κ2) is 9.86. The van der Waals surface area contributed by atoms with Crippen LogP contribution in [0.25, 0.3) is 22.3 Å². The van der Waals surface area contributed by atoms with Gasteiger partial charge in [-0.15, -0.1) is 0 Å². The van der Waals surface area contributed by atoms with Crippen LogP contribution in [0.15, 0.2) is 77.2 Å². The standard InChI is InChI=1S/C25H21NO2.BF4/c1-16-13-17(2)25-22(26-21-11-9-19(10-12-21)18(3)27)15-23(28-24(25)14-16)20-7-5-4-6-8-20;2-1(3,4)5/h4-15H,1-3H3;/q;-1/p+1. The molecule has 0 unspecified atom stereocenters. The highest BCUT2D eigenvalue weighted by Gasteiger charge is 2.20. The van der Waals surface area contributed by atoms with Gasteiger partial charge in [0.05, 0.1) is 11.5 Å². The first-order chi connectivity index (χ1) is 15.5. The molecular formula is C25H22BF4NO2.